The molecule has 0 saturated heterocycles. The van der Waals surface area contributed by atoms with Crippen molar-refractivity contribution in [3.63, 3.8) is 0 Å². The monoisotopic (exact) mass is 390 g/mol. The molecular formula is C26H30O3. The van der Waals surface area contributed by atoms with E-state index in [1.54, 1.807) is 19.2 Å². The number of carbonyl (C=O) groups is 1. The average Bonchev–Trinajstić information content (AvgIpc) is 2.71. The van der Waals surface area contributed by atoms with Crippen LogP contribution >= 0.6 is 0 Å². The molecule has 0 radical (unpaired) electrons. The van der Waals surface area contributed by atoms with Gasteiger partial charge in [0.25, 0.3) is 0 Å². The largest absolute Gasteiger partial charge is 0.508 e. The van der Waals surface area contributed by atoms with Gasteiger partial charge in [-0.3, -0.25) is 4.79 Å². The number of allylic oxidation sites excluding steroid dienone is 4. The fourth-order valence-corrected chi connectivity index (χ4v) is 3.00. The van der Waals surface area contributed by atoms with Crippen LogP contribution in [-0.4, -0.2) is 18.5 Å². The summed E-state index contributed by atoms with van der Waals surface area (Å²) in [6.45, 7) is 6.42. The number of carbonyl (C=O) groups excluding carboxylic acids is 1. The van der Waals surface area contributed by atoms with Crippen molar-refractivity contribution in [2.45, 2.75) is 33.6 Å². The van der Waals surface area contributed by atoms with Crippen LogP contribution in [0, 0.1) is 5.41 Å². The summed E-state index contributed by atoms with van der Waals surface area (Å²) in [6, 6.07) is 12.8. The molecule has 3 heteroatoms. The van der Waals surface area contributed by atoms with Gasteiger partial charge in [0.2, 0.25) is 0 Å². The van der Waals surface area contributed by atoms with Crippen molar-refractivity contribution in [3.05, 3.63) is 83.0 Å². The zero-order valence-corrected chi connectivity index (χ0v) is 17.7. The highest BCUT2D eigenvalue weighted by Gasteiger charge is 2.16. The molecule has 0 aliphatic rings. The van der Waals surface area contributed by atoms with Crippen LogP contribution in [0.3, 0.4) is 0 Å². The van der Waals surface area contributed by atoms with Gasteiger partial charge in [0, 0.05) is 5.41 Å². The number of benzene rings is 2. The Balaban J connectivity index is 2.28. The first-order valence-electron chi connectivity index (χ1n) is 9.79. The van der Waals surface area contributed by atoms with E-state index in [1.807, 2.05) is 30.3 Å². The first kappa shape index (κ1) is 22.2. The van der Waals surface area contributed by atoms with Crippen molar-refractivity contribution in [2.75, 3.05) is 7.11 Å². The number of hydrogen-bond acceptors (Lipinski definition) is 3. The third-order valence-electron chi connectivity index (χ3n) is 4.82. The van der Waals surface area contributed by atoms with Gasteiger partial charge in [0.15, 0.2) is 6.29 Å². The van der Waals surface area contributed by atoms with Crippen molar-refractivity contribution < 1.29 is 14.6 Å². The van der Waals surface area contributed by atoms with Crippen LogP contribution in [0.25, 0.3) is 12.2 Å². The minimum Gasteiger partial charge on any atom is -0.508 e. The van der Waals surface area contributed by atoms with Crippen molar-refractivity contribution in [1.29, 1.82) is 0 Å². The normalized spacial score (nSPS) is 13.4. The van der Waals surface area contributed by atoms with E-state index in [0.717, 1.165) is 30.3 Å². The first-order chi connectivity index (χ1) is 13.8. The van der Waals surface area contributed by atoms with Gasteiger partial charge in [-0.1, -0.05) is 61.1 Å². The minimum atomic E-state index is -0.162. The molecule has 0 amide bonds. The maximum Gasteiger partial charge on any atom is 0.153 e. The van der Waals surface area contributed by atoms with Crippen LogP contribution in [0.15, 0.2) is 66.3 Å². The van der Waals surface area contributed by atoms with E-state index < -0.39 is 0 Å². The third kappa shape index (κ3) is 7.11. The minimum absolute atomic E-state index is 0.162. The second-order valence-corrected chi connectivity index (χ2v) is 7.70. The lowest BCUT2D eigenvalue weighted by atomic mass is 9.83. The molecule has 0 aromatic heterocycles. The van der Waals surface area contributed by atoms with Crippen LogP contribution in [-0.2, 0) is 0 Å². The summed E-state index contributed by atoms with van der Waals surface area (Å²) in [5, 5.41) is 9.47. The molecule has 152 valence electrons. The quantitative estimate of drug-likeness (QED) is 0.383. The molecule has 0 aliphatic heterocycles. The predicted molar refractivity (Wildman–Crippen MR) is 121 cm³/mol. The molecule has 0 bridgehead atoms. The topological polar surface area (TPSA) is 46.5 Å². The van der Waals surface area contributed by atoms with E-state index in [-0.39, 0.29) is 11.2 Å². The van der Waals surface area contributed by atoms with Crippen molar-refractivity contribution in [1.82, 2.24) is 0 Å². The summed E-state index contributed by atoms with van der Waals surface area (Å²) in [6.07, 6.45) is 13.5. The highest BCUT2D eigenvalue weighted by atomic mass is 16.5. The molecule has 1 N–H and O–H groups in total. The highest BCUT2D eigenvalue weighted by Crippen LogP contribution is 2.30. The number of rotatable bonds is 9. The van der Waals surface area contributed by atoms with Crippen LogP contribution in [0.5, 0.6) is 11.5 Å². The van der Waals surface area contributed by atoms with E-state index in [1.165, 1.54) is 5.57 Å². The molecule has 0 unspecified atom stereocenters. The van der Waals surface area contributed by atoms with Gasteiger partial charge < -0.3 is 9.84 Å². The SMILES string of the molecule is COc1ccc(/C=C/[C@@](C)(/C=C/c2ccc(O)cc2)CCC=C(C)C)cc1C=O. The zero-order valence-electron chi connectivity index (χ0n) is 17.7. The maximum atomic E-state index is 11.3. The molecule has 0 heterocycles. The van der Waals surface area contributed by atoms with E-state index in [0.29, 0.717) is 11.3 Å². The van der Waals surface area contributed by atoms with Gasteiger partial charge in [-0.15, -0.1) is 0 Å². The Morgan fingerprint density at radius 3 is 2.24 bits per heavy atom. The fourth-order valence-electron chi connectivity index (χ4n) is 3.00. The van der Waals surface area contributed by atoms with E-state index in [2.05, 4.69) is 51.2 Å². The van der Waals surface area contributed by atoms with Crippen LogP contribution < -0.4 is 4.74 Å². The first-order valence-corrected chi connectivity index (χ1v) is 9.79. The summed E-state index contributed by atoms with van der Waals surface area (Å²) in [5.74, 6) is 0.842. The Hall–Kier alpha value is -3.07. The molecule has 0 fully saturated rings. The predicted octanol–water partition coefficient (Wildman–Crippen LogP) is 6.69. The molecule has 0 spiro atoms. The van der Waals surface area contributed by atoms with Gasteiger partial charge in [-0.05, 0) is 62.1 Å². The highest BCUT2D eigenvalue weighted by molar-refractivity contribution is 5.80. The molecular weight excluding hydrogens is 360 g/mol. The van der Waals surface area contributed by atoms with Gasteiger partial charge in [-0.25, -0.2) is 0 Å². The van der Waals surface area contributed by atoms with Gasteiger partial charge in [0.1, 0.15) is 11.5 Å². The number of ether oxygens (including phenoxy) is 1. The van der Waals surface area contributed by atoms with Gasteiger partial charge in [0.05, 0.1) is 12.7 Å². The number of hydrogen-bond donors (Lipinski definition) is 1. The van der Waals surface area contributed by atoms with Crippen molar-refractivity contribution >= 4 is 18.4 Å². The fraction of sp³-hybridized carbons (Fsp3) is 0.269. The van der Waals surface area contributed by atoms with Crippen LogP contribution in [0.1, 0.15) is 55.1 Å². The van der Waals surface area contributed by atoms with E-state index in [9.17, 15) is 9.90 Å². The number of aromatic hydroxyl groups is 1. The molecule has 2 aromatic rings. The maximum absolute atomic E-state index is 11.3. The van der Waals surface area contributed by atoms with Crippen molar-refractivity contribution in [3.8, 4) is 11.5 Å². The third-order valence-corrected chi connectivity index (χ3v) is 4.82. The summed E-state index contributed by atoms with van der Waals surface area (Å²) >= 11 is 0. The lowest BCUT2D eigenvalue weighted by molar-refractivity contribution is 0.112. The lowest BCUT2D eigenvalue weighted by Crippen LogP contribution is -2.09. The lowest BCUT2D eigenvalue weighted by Gasteiger charge is -2.22. The Kier molecular flexibility index (Phi) is 8.02. The van der Waals surface area contributed by atoms with Crippen LogP contribution in [0.4, 0.5) is 0 Å². The number of methoxy groups -OCH3 is 1. The Labute approximate surface area is 174 Å². The van der Waals surface area contributed by atoms with E-state index in [4.69, 9.17) is 4.74 Å². The number of phenols is 1. The molecule has 29 heavy (non-hydrogen) atoms. The smallest absolute Gasteiger partial charge is 0.153 e. The van der Waals surface area contributed by atoms with Gasteiger partial charge in [-0.2, -0.15) is 0 Å². The summed E-state index contributed by atoms with van der Waals surface area (Å²) in [5.41, 5.74) is 3.69. The Morgan fingerprint density at radius 1 is 1.03 bits per heavy atom. The van der Waals surface area contributed by atoms with Crippen LogP contribution in [0.2, 0.25) is 0 Å². The van der Waals surface area contributed by atoms with Gasteiger partial charge >= 0.3 is 0 Å². The standard InChI is InChI=1S/C26H30O3/c1-20(2)6-5-15-26(3,16-13-21-7-10-24(28)11-8-21)17-14-22-9-12-25(29-4)23(18-22)19-27/h6-14,16-19,28H,5,15H2,1-4H3/b16-13+,17-14+/t26-/m1/s1. The number of phenolic OH excluding ortho intramolecular Hbond substituents is 1. The van der Waals surface area contributed by atoms with E-state index >= 15 is 0 Å². The van der Waals surface area contributed by atoms with Crippen molar-refractivity contribution in [2.24, 2.45) is 5.41 Å². The molecule has 0 saturated carbocycles. The molecule has 3 nitrogen and oxygen atoms in total. The molecule has 0 aliphatic carbocycles. The summed E-state index contributed by atoms with van der Waals surface area (Å²) in [4.78, 5) is 11.3. The summed E-state index contributed by atoms with van der Waals surface area (Å²) in [7, 11) is 1.56. The Bertz CT molecular complexity index is 900. The zero-order chi connectivity index (χ0) is 21.3. The second-order valence-electron chi connectivity index (χ2n) is 7.70. The molecule has 2 rings (SSSR count). The molecule has 1 atom stereocenters. The molecule has 2 aromatic carbocycles. The average molecular weight is 391 g/mol. The Morgan fingerprint density at radius 2 is 1.66 bits per heavy atom. The second kappa shape index (κ2) is 10.5. The summed E-state index contributed by atoms with van der Waals surface area (Å²) < 4.78 is 5.22. The number of aldehydes is 1.